The van der Waals surface area contributed by atoms with Gasteiger partial charge in [0.2, 0.25) is 11.8 Å². The molecule has 1 unspecified atom stereocenters. The van der Waals surface area contributed by atoms with Crippen molar-refractivity contribution in [3.05, 3.63) is 12.5 Å². The second kappa shape index (κ2) is 7.72. The number of hydrogen-bond acceptors (Lipinski definition) is 6. The van der Waals surface area contributed by atoms with Gasteiger partial charge in [0.05, 0.1) is 19.4 Å². The zero-order valence-corrected chi connectivity index (χ0v) is 15.5. The van der Waals surface area contributed by atoms with Gasteiger partial charge in [0.15, 0.2) is 5.03 Å². The van der Waals surface area contributed by atoms with Crippen molar-refractivity contribution in [3.63, 3.8) is 0 Å². The maximum atomic E-state index is 12.4. The Labute approximate surface area is 152 Å². The number of amides is 2. The summed E-state index contributed by atoms with van der Waals surface area (Å²) in [6.45, 7) is 2.41. The average Bonchev–Trinajstić information content (AvgIpc) is 3.08. The number of likely N-dealkylation sites (tertiary alicyclic amines) is 1. The van der Waals surface area contributed by atoms with Crippen molar-refractivity contribution in [1.82, 2.24) is 29.4 Å². The number of nitrogens with one attached hydrogen (secondary N) is 2. The third-order valence-corrected chi connectivity index (χ3v) is 5.97. The summed E-state index contributed by atoms with van der Waals surface area (Å²) in [5.41, 5.74) is 0. The normalized spacial score (nSPS) is 21.9. The molecule has 2 aliphatic rings. The fraction of sp³-hybridized carbons (Fsp3) is 0.667. The van der Waals surface area contributed by atoms with E-state index in [2.05, 4.69) is 15.0 Å². The quantitative estimate of drug-likeness (QED) is 0.614. The number of rotatable bonds is 5. The third kappa shape index (κ3) is 4.22. The number of nitrogens with zero attached hydrogens (tertiary/aromatic N) is 4. The highest BCUT2D eigenvalue weighted by atomic mass is 32.2. The van der Waals surface area contributed by atoms with Crippen LogP contribution in [-0.4, -0.2) is 84.9 Å². The molecule has 0 aromatic carbocycles. The number of aromatic nitrogens is 2. The van der Waals surface area contributed by atoms with Gasteiger partial charge in [-0.1, -0.05) is 0 Å². The van der Waals surface area contributed by atoms with E-state index in [-0.39, 0.29) is 29.4 Å². The number of carbonyl (C=O) groups is 2. The van der Waals surface area contributed by atoms with Gasteiger partial charge < -0.3 is 19.7 Å². The van der Waals surface area contributed by atoms with Gasteiger partial charge in [0, 0.05) is 45.5 Å². The van der Waals surface area contributed by atoms with Crippen molar-refractivity contribution in [3.8, 4) is 0 Å². The van der Waals surface area contributed by atoms with Crippen LogP contribution in [0.1, 0.15) is 12.8 Å². The van der Waals surface area contributed by atoms with E-state index >= 15 is 0 Å². The molecule has 0 radical (unpaired) electrons. The van der Waals surface area contributed by atoms with E-state index in [0.29, 0.717) is 26.2 Å². The minimum atomic E-state index is -3.82. The lowest BCUT2D eigenvalue weighted by Gasteiger charge is -2.41. The summed E-state index contributed by atoms with van der Waals surface area (Å²) in [6.07, 6.45) is 4.41. The topological polar surface area (TPSA) is 117 Å². The molecule has 11 heteroatoms. The third-order valence-electron chi connectivity index (χ3n) is 4.69. The van der Waals surface area contributed by atoms with E-state index in [1.807, 2.05) is 4.90 Å². The molecule has 0 bridgehead atoms. The zero-order valence-electron chi connectivity index (χ0n) is 14.7. The molecule has 3 heterocycles. The van der Waals surface area contributed by atoms with Crippen LogP contribution >= 0.6 is 0 Å². The van der Waals surface area contributed by atoms with Gasteiger partial charge in [0.1, 0.15) is 0 Å². The molecule has 0 aliphatic carbocycles. The average molecular weight is 384 g/mol. The van der Waals surface area contributed by atoms with Crippen LogP contribution in [0.3, 0.4) is 0 Å². The Kier molecular flexibility index (Phi) is 5.58. The Morgan fingerprint density at radius 2 is 2.23 bits per heavy atom. The Hall–Kier alpha value is -1.98. The molecule has 2 saturated heterocycles. The molecule has 2 aliphatic heterocycles. The van der Waals surface area contributed by atoms with Crippen molar-refractivity contribution in [1.29, 1.82) is 0 Å². The molecule has 10 nitrogen and oxygen atoms in total. The fourth-order valence-corrected chi connectivity index (χ4v) is 4.27. The highest BCUT2D eigenvalue weighted by Gasteiger charge is 2.32. The van der Waals surface area contributed by atoms with Crippen LogP contribution in [0.15, 0.2) is 17.6 Å². The summed E-state index contributed by atoms with van der Waals surface area (Å²) < 4.78 is 28.2. The van der Waals surface area contributed by atoms with Gasteiger partial charge in [-0.2, -0.15) is 0 Å². The standard InChI is InChI=1S/C15H24N6O4S/c1-19-10-13(17-11-19)26(24,25)18-8-14(22)20-5-2-3-12(9-20)21-6-4-16-7-15(21)23/h10-12,16,18H,2-9H2,1H3. The molecule has 1 aromatic rings. The van der Waals surface area contributed by atoms with E-state index in [9.17, 15) is 18.0 Å². The van der Waals surface area contributed by atoms with Crippen LogP contribution in [0.5, 0.6) is 0 Å². The highest BCUT2D eigenvalue weighted by Crippen LogP contribution is 2.17. The molecule has 0 saturated carbocycles. The molecule has 1 aromatic heterocycles. The second-order valence-corrected chi connectivity index (χ2v) is 8.32. The minimum Gasteiger partial charge on any atom is -0.339 e. The van der Waals surface area contributed by atoms with Gasteiger partial charge in [-0.15, -0.1) is 0 Å². The minimum absolute atomic E-state index is 0.00491. The summed E-state index contributed by atoms with van der Waals surface area (Å²) in [7, 11) is -2.15. The summed E-state index contributed by atoms with van der Waals surface area (Å²) in [6, 6.07) is -0.00491. The first-order chi connectivity index (χ1) is 12.4. The van der Waals surface area contributed by atoms with Crippen LogP contribution < -0.4 is 10.0 Å². The van der Waals surface area contributed by atoms with Crippen LogP contribution in [0.4, 0.5) is 0 Å². The van der Waals surface area contributed by atoms with Gasteiger partial charge in [0.25, 0.3) is 10.0 Å². The molecule has 26 heavy (non-hydrogen) atoms. The predicted octanol–water partition coefficient (Wildman–Crippen LogP) is -1.88. The Bertz CT molecular complexity index is 777. The zero-order chi connectivity index (χ0) is 18.7. The SMILES string of the molecule is Cn1cnc(S(=O)(=O)NCC(=O)N2CCCC(N3CCNCC3=O)C2)c1. The van der Waals surface area contributed by atoms with Crippen molar-refractivity contribution in [2.24, 2.45) is 7.05 Å². The van der Waals surface area contributed by atoms with Gasteiger partial charge in [-0.05, 0) is 12.8 Å². The maximum absolute atomic E-state index is 12.4. The molecule has 144 valence electrons. The van der Waals surface area contributed by atoms with E-state index in [1.54, 1.807) is 11.9 Å². The summed E-state index contributed by atoms with van der Waals surface area (Å²) in [4.78, 5) is 31.7. The Morgan fingerprint density at radius 3 is 2.92 bits per heavy atom. The lowest BCUT2D eigenvalue weighted by Crippen LogP contribution is -2.58. The Morgan fingerprint density at radius 1 is 1.42 bits per heavy atom. The van der Waals surface area contributed by atoms with Gasteiger partial charge >= 0.3 is 0 Å². The van der Waals surface area contributed by atoms with E-state index in [1.165, 1.54) is 17.1 Å². The first-order valence-corrected chi connectivity index (χ1v) is 10.1. The van der Waals surface area contributed by atoms with Gasteiger partial charge in [-0.25, -0.2) is 18.1 Å². The molecule has 2 N–H and O–H groups in total. The van der Waals surface area contributed by atoms with E-state index < -0.39 is 10.0 Å². The van der Waals surface area contributed by atoms with E-state index in [4.69, 9.17) is 0 Å². The highest BCUT2D eigenvalue weighted by molar-refractivity contribution is 7.89. The molecule has 2 amide bonds. The molecule has 3 rings (SSSR count). The molecule has 0 spiro atoms. The van der Waals surface area contributed by atoms with Crippen LogP contribution in [0, 0.1) is 0 Å². The molecular formula is C15H24N6O4S. The smallest absolute Gasteiger partial charge is 0.260 e. The maximum Gasteiger partial charge on any atom is 0.260 e. The van der Waals surface area contributed by atoms with Gasteiger partial charge in [-0.3, -0.25) is 9.59 Å². The molecular weight excluding hydrogens is 360 g/mol. The predicted molar refractivity (Wildman–Crippen MR) is 92.6 cm³/mol. The number of aryl methyl sites for hydroxylation is 1. The number of piperazine rings is 1. The summed E-state index contributed by atoms with van der Waals surface area (Å²) in [5, 5.41) is 2.92. The van der Waals surface area contributed by atoms with Crippen LogP contribution in [0.25, 0.3) is 0 Å². The first-order valence-electron chi connectivity index (χ1n) is 8.62. The van der Waals surface area contributed by atoms with Crippen molar-refractivity contribution < 1.29 is 18.0 Å². The van der Waals surface area contributed by atoms with Crippen molar-refractivity contribution in [2.45, 2.75) is 23.9 Å². The number of imidazole rings is 1. The van der Waals surface area contributed by atoms with E-state index in [0.717, 1.165) is 19.4 Å². The van der Waals surface area contributed by atoms with Crippen molar-refractivity contribution in [2.75, 3.05) is 39.3 Å². The summed E-state index contributed by atoms with van der Waals surface area (Å²) in [5.74, 6) is -0.247. The number of carbonyl (C=O) groups excluding carboxylic acids is 2. The molecule has 2 fully saturated rings. The lowest BCUT2D eigenvalue weighted by molar-refractivity contribution is -0.139. The molecule has 1 atom stereocenters. The monoisotopic (exact) mass is 384 g/mol. The lowest BCUT2D eigenvalue weighted by atomic mass is 10.0. The fourth-order valence-electron chi connectivity index (χ4n) is 3.31. The van der Waals surface area contributed by atoms with Crippen LogP contribution in [0.2, 0.25) is 0 Å². The largest absolute Gasteiger partial charge is 0.339 e. The summed E-state index contributed by atoms with van der Waals surface area (Å²) >= 11 is 0. The number of sulfonamides is 1. The number of piperidine rings is 1. The Balaban J connectivity index is 1.56. The van der Waals surface area contributed by atoms with Crippen LogP contribution in [-0.2, 0) is 26.7 Å². The second-order valence-electron chi connectivity index (χ2n) is 6.60. The number of hydrogen-bond donors (Lipinski definition) is 2. The van der Waals surface area contributed by atoms with Crippen molar-refractivity contribution >= 4 is 21.8 Å². The first kappa shape index (κ1) is 18.8.